The molecule has 128 valence electrons. The lowest BCUT2D eigenvalue weighted by Crippen LogP contribution is -2.16. The highest BCUT2D eigenvalue weighted by Crippen LogP contribution is 2.40. The maximum Gasteiger partial charge on any atom is 0.419 e. The average Bonchev–Trinajstić information content (AvgIpc) is 2.54. The van der Waals surface area contributed by atoms with Gasteiger partial charge in [0.25, 0.3) is 5.56 Å². The van der Waals surface area contributed by atoms with E-state index in [4.69, 9.17) is 10.5 Å². The van der Waals surface area contributed by atoms with Crippen LogP contribution in [0, 0.1) is 22.7 Å². The summed E-state index contributed by atoms with van der Waals surface area (Å²) >= 11 is 0. The van der Waals surface area contributed by atoms with E-state index < -0.39 is 28.6 Å². The minimum atomic E-state index is -4.73. The summed E-state index contributed by atoms with van der Waals surface area (Å²) in [5.74, 6) is -0.725. The van der Waals surface area contributed by atoms with E-state index in [9.17, 15) is 28.5 Å². The van der Waals surface area contributed by atoms with E-state index in [1.165, 1.54) is 13.0 Å². The maximum atomic E-state index is 13.3. The Hall–Kier alpha value is -3.46. The van der Waals surface area contributed by atoms with E-state index in [2.05, 4.69) is 4.98 Å². The Kier molecular flexibility index (Phi) is 4.70. The van der Waals surface area contributed by atoms with Crippen molar-refractivity contribution < 1.29 is 17.9 Å². The van der Waals surface area contributed by atoms with Gasteiger partial charge in [0.1, 0.15) is 34.8 Å². The number of hydrogen-bond acceptors (Lipinski definition) is 5. The van der Waals surface area contributed by atoms with Crippen molar-refractivity contribution in [2.45, 2.75) is 13.1 Å². The van der Waals surface area contributed by atoms with Crippen molar-refractivity contribution in [2.75, 3.05) is 12.3 Å². The molecule has 1 heterocycles. The van der Waals surface area contributed by atoms with Gasteiger partial charge in [-0.3, -0.25) is 4.79 Å². The van der Waals surface area contributed by atoms with Gasteiger partial charge in [0.15, 0.2) is 0 Å². The number of rotatable bonds is 3. The number of aromatic amines is 1. The van der Waals surface area contributed by atoms with Gasteiger partial charge in [0.2, 0.25) is 0 Å². The lowest BCUT2D eigenvalue weighted by atomic mass is 9.95. The molecule has 0 unspecified atom stereocenters. The molecule has 0 spiro atoms. The fraction of sp³-hybridized carbons (Fsp3) is 0.188. The van der Waals surface area contributed by atoms with Crippen LogP contribution < -0.4 is 16.0 Å². The molecule has 9 heteroatoms. The van der Waals surface area contributed by atoms with Gasteiger partial charge in [0, 0.05) is 5.56 Å². The van der Waals surface area contributed by atoms with E-state index in [0.29, 0.717) is 0 Å². The molecule has 0 saturated carbocycles. The first kappa shape index (κ1) is 17.9. The fourth-order valence-electron chi connectivity index (χ4n) is 2.32. The summed E-state index contributed by atoms with van der Waals surface area (Å²) < 4.78 is 44.8. The van der Waals surface area contributed by atoms with E-state index >= 15 is 0 Å². The quantitative estimate of drug-likeness (QED) is 0.885. The van der Waals surface area contributed by atoms with Crippen molar-refractivity contribution in [1.82, 2.24) is 4.98 Å². The average molecular weight is 348 g/mol. The minimum absolute atomic E-state index is 0.0211. The second kappa shape index (κ2) is 6.57. The van der Waals surface area contributed by atoms with Crippen LogP contribution in [0.3, 0.4) is 0 Å². The largest absolute Gasteiger partial charge is 0.493 e. The topological polar surface area (TPSA) is 116 Å². The van der Waals surface area contributed by atoms with Gasteiger partial charge in [-0.25, -0.2) is 0 Å². The van der Waals surface area contributed by atoms with Crippen molar-refractivity contribution >= 4 is 5.82 Å². The summed E-state index contributed by atoms with van der Waals surface area (Å²) in [7, 11) is 0. The highest BCUT2D eigenvalue weighted by molar-refractivity contribution is 5.80. The monoisotopic (exact) mass is 348 g/mol. The summed E-state index contributed by atoms with van der Waals surface area (Å²) in [6.45, 7) is 1.56. The van der Waals surface area contributed by atoms with E-state index in [0.717, 1.165) is 12.1 Å². The molecular formula is C16H11F3N4O2. The molecule has 3 N–H and O–H groups in total. The Morgan fingerprint density at radius 2 is 1.88 bits per heavy atom. The molecule has 6 nitrogen and oxygen atoms in total. The molecule has 0 amide bonds. The van der Waals surface area contributed by atoms with Crippen LogP contribution in [0.1, 0.15) is 23.6 Å². The smallest absolute Gasteiger partial charge is 0.419 e. The molecule has 0 radical (unpaired) electrons. The first-order chi connectivity index (χ1) is 11.7. The number of halogens is 3. The third kappa shape index (κ3) is 3.26. The number of nitrogen functional groups attached to an aromatic ring is 1. The van der Waals surface area contributed by atoms with Crippen LogP contribution in [-0.2, 0) is 6.18 Å². The zero-order chi connectivity index (χ0) is 18.8. The number of pyridine rings is 1. The zero-order valence-electron chi connectivity index (χ0n) is 12.9. The van der Waals surface area contributed by atoms with Gasteiger partial charge < -0.3 is 15.5 Å². The molecule has 25 heavy (non-hydrogen) atoms. The van der Waals surface area contributed by atoms with Crippen molar-refractivity contribution in [3.63, 3.8) is 0 Å². The number of benzene rings is 1. The molecular weight excluding hydrogens is 337 g/mol. The van der Waals surface area contributed by atoms with Gasteiger partial charge in [-0.2, -0.15) is 23.7 Å². The van der Waals surface area contributed by atoms with Crippen molar-refractivity contribution in [1.29, 1.82) is 10.5 Å². The molecule has 0 aliphatic carbocycles. The van der Waals surface area contributed by atoms with Crippen LogP contribution in [0.25, 0.3) is 11.1 Å². The van der Waals surface area contributed by atoms with Crippen molar-refractivity contribution in [2.24, 2.45) is 0 Å². The Morgan fingerprint density at radius 3 is 2.40 bits per heavy atom. The normalized spacial score (nSPS) is 10.8. The first-order valence-corrected chi connectivity index (χ1v) is 6.94. The number of H-pyrrole nitrogens is 1. The van der Waals surface area contributed by atoms with Crippen molar-refractivity contribution in [3.05, 3.63) is 45.2 Å². The molecule has 0 aliphatic heterocycles. The van der Waals surface area contributed by atoms with Crippen LogP contribution in [-0.4, -0.2) is 11.6 Å². The van der Waals surface area contributed by atoms with Gasteiger partial charge in [-0.05, 0) is 24.6 Å². The van der Waals surface area contributed by atoms with Crippen LogP contribution >= 0.6 is 0 Å². The molecule has 0 fully saturated rings. The number of alkyl halides is 3. The summed E-state index contributed by atoms with van der Waals surface area (Å²) in [4.78, 5) is 14.0. The lowest BCUT2D eigenvalue weighted by molar-refractivity contribution is -0.138. The second-order valence-electron chi connectivity index (χ2n) is 4.86. The summed E-state index contributed by atoms with van der Waals surface area (Å²) in [5.41, 5.74) is 2.42. The number of nitriles is 2. The minimum Gasteiger partial charge on any atom is -0.493 e. The number of nitrogens with one attached hydrogen (secondary N) is 1. The fourth-order valence-corrected chi connectivity index (χ4v) is 2.32. The van der Waals surface area contributed by atoms with Crippen LogP contribution in [0.15, 0.2) is 23.0 Å². The number of nitrogens with zero attached hydrogens (tertiary/aromatic N) is 2. The summed E-state index contributed by atoms with van der Waals surface area (Å²) in [6, 6.07) is 6.33. The Morgan fingerprint density at radius 1 is 1.24 bits per heavy atom. The second-order valence-corrected chi connectivity index (χ2v) is 4.86. The zero-order valence-corrected chi connectivity index (χ0v) is 12.9. The number of hydrogen-bond donors (Lipinski definition) is 2. The van der Waals surface area contributed by atoms with Crippen LogP contribution in [0.5, 0.6) is 5.75 Å². The SMILES string of the molecule is CCOc1ccc(-c2c(C#N)c(N)[nH]c(=O)c2C#N)cc1C(F)(F)F. The maximum absolute atomic E-state index is 13.3. The van der Waals surface area contributed by atoms with E-state index in [1.807, 2.05) is 0 Å². The third-order valence-electron chi connectivity index (χ3n) is 3.34. The molecule has 0 bridgehead atoms. The van der Waals surface area contributed by atoms with Crippen molar-refractivity contribution in [3.8, 4) is 29.0 Å². The molecule has 0 aliphatic rings. The number of aromatic nitrogens is 1. The Bertz CT molecular complexity index is 966. The highest BCUT2D eigenvalue weighted by atomic mass is 19.4. The number of nitrogens with two attached hydrogens (primary N) is 1. The van der Waals surface area contributed by atoms with Gasteiger partial charge in [-0.15, -0.1) is 0 Å². The van der Waals surface area contributed by atoms with Gasteiger partial charge in [0.05, 0.1) is 12.2 Å². The molecule has 2 rings (SSSR count). The molecule has 1 aromatic carbocycles. The van der Waals surface area contributed by atoms with Crippen LogP contribution in [0.4, 0.5) is 19.0 Å². The third-order valence-corrected chi connectivity index (χ3v) is 3.34. The summed E-state index contributed by atoms with van der Waals surface area (Å²) in [5, 5.41) is 18.4. The molecule has 0 atom stereocenters. The first-order valence-electron chi connectivity index (χ1n) is 6.94. The lowest BCUT2D eigenvalue weighted by Gasteiger charge is -2.16. The number of anilines is 1. The number of ether oxygens (including phenoxy) is 1. The predicted octanol–water partition coefficient (Wildman–Crippen LogP) is 2.78. The van der Waals surface area contributed by atoms with Gasteiger partial charge >= 0.3 is 6.18 Å². The highest BCUT2D eigenvalue weighted by Gasteiger charge is 2.35. The van der Waals surface area contributed by atoms with E-state index in [-0.39, 0.29) is 29.1 Å². The van der Waals surface area contributed by atoms with E-state index in [1.54, 1.807) is 12.1 Å². The van der Waals surface area contributed by atoms with Gasteiger partial charge in [-0.1, -0.05) is 6.07 Å². The standard InChI is InChI=1S/C16H11F3N4O2/c1-2-25-12-4-3-8(5-11(12)16(17,18)19)13-9(6-20)14(22)23-15(24)10(13)7-21/h3-5H,2H2,1H3,(H3,22,23,24). The molecule has 2 aromatic rings. The van der Waals surface area contributed by atoms with Crippen LogP contribution in [0.2, 0.25) is 0 Å². The Balaban J connectivity index is 2.87. The predicted molar refractivity (Wildman–Crippen MR) is 82.5 cm³/mol. The molecule has 1 aromatic heterocycles. The molecule has 0 saturated heterocycles. The summed E-state index contributed by atoms with van der Waals surface area (Å²) in [6.07, 6.45) is -4.73. The Labute approximate surface area is 139 Å².